The van der Waals surface area contributed by atoms with E-state index in [1.165, 1.54) is 0 Å². The third-order valence-corrected chi connectivity index (χ3v) is 5.98. The number of carbonyl (C=O) groups is 1. The molecule has 4 heterocycles. The van der Waals surface area contributed by atoms with Crippen LogP contribution in [0.1, 0.15) is 34.4 Å². The van der Waals surface area contributed by atoms with E-state index in [0.717, 1.165) is 25.2 Å². The lowest BCUT2D eigenvalue weighted by Crippen LogP contribution is -2.50. The van der Waals surface area contributed by atoms with Crippen LogP contribution in [0, 0.1) is 5.92 Å². The molecule has 5 rings (SSSR count). The van der Waals surface area contributed by atoms with Crippen molar-refractivity contribution in [1.82, 2.24) is 15.2 Å². The van der Waals surface area contributed by atoms with Crippen molar-refractivity contribution in [1.29, 1.82) is 0 Å². The van der Waals surface area contributed by atoms with E-state index in [1.54, 1.807) is 24.3 Å². The van der Waals surface area contributed by atoms with Crippen LogP contribution in [0.5, 0.6) is 11.5 Å². The molecule has 1 amide bonds. The Bertz CT molecular complexity index is 970. The highest BCUT2D eigenvalue weighted by atomic mass is 16.6. The number of pyridine rings is 1. The van der Waals surface area contributed by atoms with Crippen LogP contribution in [0.4, 0.5) is 0 Å². The zero-order valence-corrected chi connectivity index (χ0v) is 15.5. The minimum Gasteiger partial charge on any atom is -0.486 e. The molecule has 2 aromatic rings. The highest BCUT2D eigenvalue weighted by Gasteiger charge is 2.38. The van der Waals surface area contributed by atoms with Gasteiger partial charge in [0.05, 0.1) is 11.6 Å². The highest BCUT2D eigenvalue weighted by Crippen LogP contribution is 2.38. The Morgan fingerprint density at radius 3 is 2.93 bits per heavy atom. The lowest BCUT2D eigenvalue weighted by molar-refractivity contribution is 0.0921. The summed E-state index contributed by atoms with van der Waals surface area (Å²) in [5.74, 6) is 1.55. The third-order valence-electron chi connectivity index (χ3n) is 5.98. The first kappa shape index (κ1) is 17.3. The van der Waals surface area contributed by atoms with E-state index in [9.17, 15) is 9.59 Å². The Labute approximate surface area is 162 Å². The van der Waals surface area contributed by atoms with Gasteiger partial charge in [0.15, 0.2) is 11.5 Å². The van der Waals surface area contributed by atoms with Crippen LogP contribution in [0.25, 0.3) is 0 Å². The smallest absolute Gasteiger partial charge is 0.255 e. The van der Waals surface area contributed by atoms with Gasteiger partial charge in [-0.3, -0.25) is 9.59 Å². The van der Waals surface area contributed by atoms with Gasteiger partial charge in [-0.25, -0.2) is 0 Å². The molecule has 0 aliphatic carbocycles. The normalized spacial score (nSPS) is 24.9. The van der Waals surface area contributed by atoms with Crippen LogP contribution in [-0.4, -0.2) is 43.3 Å². The van der Waals surface area contributed by atoms with Crippen molar-refractivity contribution in [2.24, 2.45) is 5.92 Å². The first-order chi connectivity index (χ1) is 13.7. The Hall–Kier alpha value is -2.80. The molecule has 3 atom stereocenters. The lowest BCUT2D eigenvalue weighted by atomic mass is 9.79. The van der Waals surface area contributed by atoms with E-state index < -0.39 is 0 Å². The monoisotopic (exact) mass is 381 g/mol. The number of aromatic nitrogens is 1. The van der Waals surface area contributed by atoms with E-state index in [2.05, 4.69) is 10.6 Å². The van der Waals surface area contributed by atoms with Gasteiger partial charge in [0.1, 0.15) is 13.2 Å². The predicted molar refractivity (Wildman–Crippen MR) is 103 cm³/mol. The van der Waals surface area contributed by atoms with Crippen LogP contribution in [0.15, 0.2) is 41.2 Å². The summed E-state index contributed by atoms with van der Waals surface area (Å²) >= 11 is 0. The number of hydrogen-bond acceptors (Lipinski definition) is 5. The molecule has 1 aromatic heterocycles. The van der Waals surface area contributed by atoms with Crippen LogP contribution < -0.4 is 25.7 Å². The number of nitrogens with zero attached hydrogens (tertiary/aromatic N) is 1. The molecule has 0 unspecified atom stereocenters. The zero-order chi connectivity index (χ0) is 19.1. The minimum atomic E-state index is -0.209. The van der Waals surface area contributed by atoms with E-state index in [1.807, 2.05) is 16.7 Å². The van der Waals surface area contributed by atoms with Crippen molar-refractivity contribution in [3.05, 3.63) is 58.0 Å². The van der Waals surface area contributed by atoms with Crippen LogP contribution in [0.3, 0.4) is 0 Å². The molecular weight excluding hydrogens is 358 g/mol. The SMILES string of the molecule is O=C(NC[C@H]1[C@@H]2CNC[C@@H](C2)c2cccc(=O)n21)c1cccc2c1OCCO2. The average Bonchev–Trinajstić information content (AvgIpc) is 2.74. The highest BCUT2D eigenvalue weighted by molar-refractivity contribution is 5.97. The van der Waals surface area contributed by atoms with Crippen molar-refractivity contribution < 1.29 is 14.3 Å². The second-order valence-corrected chi connectivity index (χ2v) is 7.62. The van der Waals surface area contributed by atoms with Crippen molar-refractivity contribution in [3.63, 3.8) is 0 Å². The maximum absolute atomic E-state index is 12.9. The van der Waals surface area contributed by atoms with Gasteiger partial charge in [0.2, 0.25) is 0 Å². The molecule has 1 aromatic carbocycles. The number of para-hydroxylation sites is 1. The molecule has 28 heavy (non-hydrogen) atoms. The molecule has 3 aliphatic heterocycles. The molecule has 0 spiro atoms. The largest absolute Gasteiger partial charge is 0.486 e. The summed E-state index contributed by atoms with van der Waals surface area (Å²) in [4.78, 5) is 25.5. The number of piperidine rings is 1. The molecule has 0 radical (unpaired) electrons. The molecular formula is C21H23N3O4. The topological polar surface area (TPSA) is 81.6 Å². The molecule has 2 bridgehead atoms. The summed E-state index contributed by atoms with van der Waals surface area (Å²) in [6.07, 6.45) is 1.04. The summed E-state index contributed by atoms with van der Waals surface area (Å²) in [6.45, 7) is 3.06. The summed E-state index contributed by atoms with van der Waals surface area (Å²) < 4.78 is 13.1. The van der Waals surface area contributed by atoms with Crippen LogP contribution in [0.2, 0.25) is 0 Å². The molecule has 0 saturated carbocycles. The van der Waals surface area contributed by atoms with Crippen molar-refractivity contribution in [3.8, 4) is 11.5 Å². The number of nitrogens with one attached hydrogen (secondary N) is 2. The fourth-order valence-electron chi connectivity index (χ4n) is 4.71. The fraction of sp³-hybridized carbons (Fsp3) is 0.429. The van der Waals surface area contributed by atoms with Crippen LogP contribution >= 0.6 is 0 Å². The summed E-state index contributed by atoms with van der Waals surface area (Å²) in [7, 11) is 0. The van der Waals surface area contributed by atoms with Crippen molar-refractivity contribution in [2.45, 2.75) is 18.4 Å². The van der Waals surface area contributed by atoms with Gasteiger partial charge in [-0.05, 0) is 30.5 Å². The Morgan fingerprint density at radius 2 is 2.00 bits per heavy atom. The Kier molecular flexibility index (Phi) is 4.31. The van der Waals surface area contributed by atoms with Gasteiger partial charge < -0.3 is 24.7 Å². The average molecular weight is 381 g/mol. The second-order valence-electron chi connectivity index (χ2n) is 7.62. The summed E-state index contributed by atoms with van der Waals surface area (Å²) in [6, 6.07) is 10.7. The maximum Gasteiger partial charge on any atom is 0.255 e. The lowest BCUT2D eigenvalue weighted by Gasteiger charge is -2.43. The van der Waals surface area contributed by atoms with E-state index in [4.69, 9.17) is 9.47 Å². The molecule has 2 N–H and O–H groups in total. The molecule has 3 aliphatic rings. The first-order valence-electron chi connectivity index (χ1n) is 9.81. The summed E-state index contributed by atoms with van der Waals surface area (Å²) in [5, 5.41) is 6.50. The number of ether oxygens (including phenoxy) is 2. The van der Waals surface area contributed by atoms with E-state index in [-0.39, 0.29) is 17.5 Å². The zero-order valence-electron chi connectivity index (χ0n) is 15.5. The maximum atomic E-state index is 12.9. The van der Waals surface area contributed by atoms with Gasteiger partial charge in [-0.2, -0.15) is 0 Å². The van der Waals surface area contributed by atoms with Crippen molar-refractivity contribution in [2.75, 3.05) is 32.8 Å². The second kappa shape index (κ2) is 6.98. The van der Waals surface area contributed by atoms with Gasteiger partial charge in [0.25, 0.3) is 11.5 Å². The van der Waals surface area contributed by atoms with E-state index >= 15 is 0 Å². The van der Waals surface area contributed by atoms with Gasteiger partial charge in [-0.1, -0.05) is 12.1 Å². The Morgan fingerprint density at radius 1 is 1.14 bits per heavy atom. The Balaban J connectivity index is 1.41. The number of hydrogen-bond donors (Lipinski definition) is 2. The molecule has 1 saturated heterocycles. The molecule has 7 heteroatoms. The van der Waals surface area contributed by atoms with Gasteiger partial charge in [-0.15, -0.1) is 0 Å². The first-order valence-corrected chi connectivity index (χ1v) is 9.81. The number of benzene rings is 1. The number of carbonyl (C=O) groups excluding carboxylic acids is 1. The van der Waals surface area contributed by atoms with Crippen molar-refractivity contribution >= 4 is 5.91 Å². The van der Waals surface area contributed by atoms with Crippen LogP contribution in [-0.2, 0) is 0 Å². The molecule has 7 nitrogen and oxygen atoms in total. The predicted octanol–water partition coefficient (Wildman–Crippen LogP) is 1.30. The molecule has 146 valence electrons. The quantitative estimate of drug-likeness (QED) is 0.838. The standard InChI is InChI=1S/C21H23N3O4/c25-19-6-2-4-16-13-9-14(11-22-10-13)17(24(16)19)12-23-21(26)15-3-1-5-18-20(15)28-8-7-27-18/h1-6,13-14,17,22H,7-12H2,(H,23,26)/t13-,14+,17+/m1/s1. The third kappa shape index (κ3) is 2.86. The van der Waals surface area contributed by atoms with Gasteiger partial charge >= 0.3 is 0 Å². The number of amides is 1. The minimum absolute atomic E-state index is 0.00201. The number of fused-ring (bicyclic) bond motifs is 5. The summed E-state index contributed by atoms with van der Waals surface area (Å²) in [5.41, 5.74) is 1.53. The van der Waals surface area contributed by atoms with E-state index in [0.29, 0.717) is 48.7 Å². The number of rotatable bonds is 3. The molecule has 1 fully saturated rings. The van der Waals surface area contributed by atoms with Gasteiger partial charge in [0, 0.05) is 37.3 Å². The fourth-order valence-corrected chi connectivity index (χ4v) is 4.71.